The van der Waals surface area contributed by atoms with Gasteiger partial charge in [-0.2, -0.15) is 4.90 Å². The van der Waals surface area contributed by atoms with E-state index in [0.717, 1.165) is 32.7 Å². The van der Waals surface area contributed by atoms with Crippen LogP contribution in [0.3, 0.4) is 0 Å². The number of rotatable bonds is 7. The Bertz CT molecular complexity index is 1190. The Morgan fingerprint density at radius 2 is 1.31 bits per heavy atom. The number of carbonyl (C=O) groups is 3. The van der Waals surface area contributed by atoms with Crippen LogP contribution in [0.15, 0.2) is 78.9 Å². The standard InChI is InChI=1S/C29H29NO6/c1-19(2)26(27(31)34-3)30(28(32)35-17-20-11-5-4-6-12-20)29(33)36-18-25-23-15-9-7-13-21(23)22-14-8-10-16-24(22)25/h4-16,19,25-26H,17-18H2,1-3H3/t26-/m1/s1. The minimum absolute atomic E-state index is 0.00130. The van der Waals surface area contributed by atoms with E-state index in [4.69, 9.17) is 14.2 Å². The van der Waals surface area contributed by atoms with Crippen molar-refractivity contribution in [3.63, 3.8) is 0 Å². The van der Waals surface area contributed by atoms with Gasteiger partial charge in [-0.1, -0.05) is 92.7 Å². The van der Waals surface area contributed by atoms with Crippen molar-refractivity contribution in [3.8, 4) is 11.1 Å². The van der Waals surface area contributed by atoms with Gasteiger partial charge in [0.15, 0.2) is 0 Å². The fourth-order valence-corrected chi connectivity index (χ4v) is 4.55. The fourth-order valence-electron chi connectivity index (χ4n) is 4.55. The fraction of sp³-hybridized carbons (Fsp3) is 0.276. The monoisotopic (exact) mass is 487 g/mol. The average Bonchev–Trinajstić information content (AvgIpc) is 3.22. The predicted octanol–water partition coefficient (Wildman–Crippen LogP) is 5.77. The highest BCUT2D eigenvalue weighted by Crippen LogP contribution is 2.44. The second-order valence-electron chi connectivity index (χ2n) is 8.93. The number of benzene rings is 3. The Morgan fingerprint density at radius 3 is 1.86 bits per heavy atom. The molecule has 0 N–H and O–H groups in total. The number of nitrogens with zero attached hydrogens (tertiary/aromatic N) is 1. The summed E-state index contributed by atoms with van der Waals surface area (Å²) in [6.07, 6.45) is -1.93. The number of fused-ring (bicyclic) bond motifs is 3. The first-order chi connectivity index (χ1) is 17.4. The van der Waals surface area contributed by atoms with Crippen molar-refractivity contribution < 1.29 is 28.6 Å². The summed E-state index contributed by atoms with van der Waals surface area (Å²) < 4.78 is 16.0. The molecule has 0 unspecified atom stereocenters. The van der Waals surface area contributed by atoms with Crippen LogP contribution < -0.4 is 0 Å². The number of ether oxygens (including phenoxy) is 3. The summed E-state index contributed by atoms with van der Waals surface area (Å²) in [5.41, 5.74) is 5.00. The van der Waals surface area contributed by atoms with Gasteiger partial charge in [-0.05, 0) is 33.7 Å². The zero-order valence-corrected chi connectivity index (χ0v) is 20.5. The Kier molecular flexibility index (Phi) is 7.68. The molecule has 4 rings (SSSR count). The van der Waals surface area contributed by atoms with Crippen LogP contribution >= 0.6 is 0 Å². The van der Waals surface area contributed by atoms with Crippen LogP contribution in [-0.2, 0) is 25.6 Å². The number of imide groups is 1. The van der Waals surface area contributed by atoms with E-state index in [9.17, 15) is 14.4 Å². The van der Waals surface area contributed by atoms with Crippen LogP contribution in [0.5, 0.6) is 0 Å². The molecule has 36 heavy (non-hydrogen) atoms. The van der Waals surface area contributed by atoms with Crippen molar-refractivity contribution in [1.82, 2.24) is 4.90 Å². The number of esters is 1. The number of hydrogen-bond acceptors (Lipinski definition) is 6. The highest BCUT2D eigenvalue weighted by Gasteiger charge is 2.41. The van der Waals surface area contributed by atoms with Crippen molar-refractivity contribution in [2.75, 3.05) is 13.7 Å². The van der Waals surface area contributed by atoms with E-state index in [1.807, 2.05) is 66.7 Å². The predicted molar refractivity (Wildman–Crippen MR) is 134 cm³/mol. The molecule has 186 valence electrons. The minimum atomic E-state index is -1.20. The average molecular weight is 488 g/mol. The summed E-state index contributed by atoms with van der Waals surface area (Å²) in [5, 5.41) is 0. The van der Waals surface area contributed by atoms with Gasteiger partial charge in [0.05, 0.1) is 7.11 Å². The van der Waals surface area contributed by atoms with E-state index in [2.05, 4.69) is 0 Å². The number of methoxy groups -OCH3 is 1. The van der Waals surface area contributed by atoms with Gasteiger partial charge < -0.3 is 14.2 Å². The maximum absolute atomic E-state index is 13.3. The molecule has 7 heteroatoms. The second kappa shape index (κ2) is 11.1. The third kappa shape index (κ3) is 5.10. The zero-order valence-electron chi connectivity index (χ0n) is 20.5. The first kappa shape index (κ1) is 25.0. The summed E-state index contributed by atoms with van der Waals surface area (Å²) >= 11 is 0. The second-order valence-corrected chi connectivity index (χ2v) is 8.93. The molecule has 0 heterocycles. The molecule has 1 aliphatic carbocycles. The molecule has 3 aromatic carbocycles. The molecule has 2 amide bonds. The van der Waals surface area contributed by atoms with Gasteiger partial charge in [-0.25, -0.2) is 14.4 Å². The van der Waals surface area contributed by atoms with E-state index < -0.39 is 30.1 Å². The van der Waals surface area contributed by atoms with Gasteiger partial charge in [0.1, 0.15) is 19.3 Å². The largest absolute Gasteiger partial charge is 0.467 e. The Labute approximate surface area is 210 Å². The molecule has 0 fully saturated rings. The smallest absolute Gasteiger partial charge is 0.420 e. The molecule has 0 bridgehead atoms. The van der Waals surface area contributed by atoms with Gasteiger partial charge >= 0.3 is 18.2 Å². The molecule has 0 radical (unpaired) electrons. The molecule has 0 saturated carbocycles. The summed E-state index contributed by atoms with van der Waals surface area (Å²) in [5.74, 6) is -1.35. The summed E-state index contributed by atoms with van der Waals surface area (Å²) in [7, 11) is 1.21. The van der Waals surface area contributed by atoms with Crippen LogP contribution in [0.4, 0.5) is 9.59 Å². The van der Waals surface area contributed by atoms with Crippen molar-refractivity contribution in [1.29, 1.82) is 0 Å². The Balaban J connectivity index is 1.56. The van der Waals surface area contributed by atoms with Crippen molar-refractivity contribution >= 4 is 18.2 Å². The normalized spacial score (nSPS) is 12.9. The molecule has 0 saturated heterocycles. The molecule has 0 aliphatic heterocycles. The van der Waals surface area contributed by atoms with Crippen LogP contribution in [0.25, 0.3) is 11.1 Å². The Morgan fingerprint density at radius 1 is 0.778 bits per heavy atom. The topological polar surface area (TPSA) is 82.1 Å². The highest BCUT2D eigenvalue weighted by atomic mass is 16.6. The minimum Gasteiger partial charge on any atom is -0.467 e. The summed E-state index contributed by atoms with van der Waals surface area (Å²) in [6.45, 7) is 3.38. The Hall–Kier alpha value is -4.13. The number of carbonyl (C=O) groups excluding carboxylic acids is 3. The molecule has 7 nitrogen and oxygen atoms in total. The van der Waals surface area contributed by atoms with Crippen LogP contribution in [0, 0.1) is 5.92 Å². The van der Waals surface area contributed by atoms with Crippen LogP contribution in [0.2, 0.25) is 0 Å². The number of hydrogen-bond donors (Lipinski definition) is 0. The molecular formula is C29H29NO6. The molecular weight excluding hydrogens is 458 g/mol. The van der Waals surface area contributed by atoms with Crippen LogP contribution in [0.1, 0.15) is 36.5 Å². The molecule has 1 aliphatic rings. The lowest BCUT2D eigenvalue weighted by atomic mass is 9.98. The first-order valence-corrected chi connectivity index (χ1v) is 11.8. The van der Waals surface area contributed by atoms with E-state index in [0.29, 0.717) is 0 Å². The van der Waals surface area contributed by atoms with Gasteiger partial charge in [-0.3, -0.25) is 0 Å². The van der Waals surface area contributed by atoms with E-state index in [-0.39, 0.29) is 19.1 Å². The van der Waals surface area contributed by atoms with Crippen molar-refractivity contribution in [2.45, 2.75) is 32.4 Å². The van der Waals surface area contributed by atoms with Gasteiger partial charge in [0.2, 0.25) is 0 Å². The lowest BCUT2D eigenvalue weighted by Crippen LogP contribution is -2.52. The molecule has 3 aromatic rings. The zero-order chi connectivity index (χ0) is 25.7. The summed E-state index contributed by atoms with van der Waals surface area (Å²) in [6, 6.07) is 23.8. The van der Waals surface area contributed by atoms with Crippen LogP contribution in [-0.4, -0.2) is 42.8 Å². The lowest BCUT2D eigenvalue weighted by molar-refractivity contribution is -0.147. The highest BCUT2D eigenvalue weighted by molar-refractivity contribution is 5.94. The van der Waals surface area contributed by atoms with E-state index >= 15 is 0 Å². The summed E-state index contributed by atoms with van der Waals surface area (Å²) in [4.78, 5) is 39.8. The quantitative estimate of drug-likeness (QED) is 0.311. The lowest BCUT2D eigenvalue weighted by Gasteiger charge is -2.29. The van der Waals surface area contributed by atoms with Gasteiger partial charge in [0, 0.05) is 5.92 Å². The van der Waals surface area contributed by atoms with Gasteiger partial charge in [-0.15, -0.1) is 0 Å². The third-order valence-corrected chi connectivity index (χ3v) is 6.29. The van der Waals surface area contributed by atoms with Gasteiger partial charge in [0.25, 0.3) is 0 Å². The number of amides is 2. The van der Waals surface area contributed by atoms with E-state index in [1.165, 1.54) is 7.11 Å². The molecule has 0 spiro atoms. The molecule has 1 atom stereocenters. The maximum atomic E-state index is 13.3. The van der Waals surface area contributed by atoms with E-state index in [1.54, 1.807) is 26.0 Å². The van der Waals surface area contributed by atoms with Crippen molar-refractivity contribution in [3.05, 3.63) is 95.6 Å². The first-order valence-electron chi connectivity index (χ1n) is 11.8. The van der Waals surface area contributed by atoms with Crippen molar-refractivity contribution in [2.24, 2.45) is 5.92 Å². The molecule has 0 aromatic heterocycles. The third-order valence-electron chi connectivity index (χ3n) is 6.29. The SMILES string of the molecule is COC(=O)[C@@H](C(C)C)N(C(=O)OCc1ccccc1)C(=O)OCC1c2ccccc2-c2ccccc21. The maximum Gasteiger partial charge on any atom is 0.420 e.